The third-order valence-corrected chi connectivity index (χ3v) is 5.57. The average molecular weight is 519 g/mol. The number of carbonyl (C=O) groups excluding carboxylic acids is 1. The highest BCUT2D eigenvalue weighted by atomic mass is 35.5. The first-order chi connectivity index (χ1) is 17.2. The number of pyridine rings is 2. The van der Waals surface area contributed by atoms with Crippen molar-refractivity contribution in [2.45, 2.75) is 38.6 Å². The molecule has 0 aromatic carbocycles. The van der Waals surface area contributed by atoms with Gasteiger partial charge in [-0.25, -0.2) is 14.4 Å². The van der Waals surface area contributed by atoms with Crippen molar-refractivity contribution in [3.8, 4) is 5.82 Å². The number of hydrogen-bond acceptors (Lipinski definition) is 7. The Labute approximate surface area is 210 Å². The van der Waals surface area contributed by atoms with Crippen molar-refractivity contribution in [3.05, 3.63) is 53.7 Å². The van der Waals surface area contributed by atoms with E-state index in [2.05, 4.69) is 30.8 Å². The SMILES string of the molecule is CC(C)(O)C(F)CNC(=O)c1cnc(-n2ncc3cc(Cl)cnc32)cc1Nc1cnn(CCCF)c1. The Bertz CT molecular complexity index is 1370. The van der Waals surface area contributed by atoms with Crippen LogP contribution in [0.3, 0.4) is 0 Å². The van der Waals surface area contributed by atoms with Crippen LogP contribution in [-0.2, 0) is 6.54 Å². The molecule has 0 aliphatic rings. The number of nitrogens with one attached hydrogen (secondary N) is 2. The molecule has 0 radical (unpaired) electrons. The van der Waals surface area contributed by atoms with Gasteiger partial charge in [0.25, 0.3) is 5.91 Å². The van der Waals surface area contributed by atoms with Crippen LogP contribution in [0.2, 0.25) is 5.02 Å². The van der Waals surface area contributed by atoms with Crippen molar-refractivity contribution in [1.29, 1.82) is 0 Å². The Morgan fingerprint density at radius 1 is 1.19 bits per heavy atom. The fraction of sp³-hybridized carbons (Fsp3) is 0.348. The van der Waals surface area contributed by atoms with E-state index >= 15 is 0 Å². The number of fused-ring (bicyclic) bond motifs is 1. The van der Waals surface area contributed by atoms with Crippen molar-refractivity contribution >= 4 is 39.9 Å². The van der Waals surface area contributed by atoms with Gasteiger partial charge in [0.15, 0.2) is 11.5 Å². The molecule has 0 bridgehead atoms. The van der Waals surface area contributed by atoms with E-state index in [9.17, 15) is 18.7 Å². The van der Waals surface area contributed by atoms with Crippen LogP contribution in [0.4, 0.5) is 20.2 Å². The van der Waals surface area contributed by atoms with E-state index in [1.807, 2.05) is 0 Å². The van der Waals surface area contributed by atoms with Crippen LogP contribution in [0.5, 0.6) is 0 Å². The quantitative estimate of drug-likeness (QED) is 0.293. The summed E-state index contributed by atoms with van der Waals surface area (Å²) in [4.78, 5) is 21.6. The summed E-state index contributed by atoms with van der Waals surface area (Å²) in [6.07, 6.45) is 6.29. The topological polar surface area (TPSA) is 123 Å². The molecule has 1 amide bonds. The fourth-order valence-electron chi connectivity index (χ4n) is 3.36. The molecule has 4 aromatic rings. The maximum atomic E-state index is 14.2. The molecule has 4 rings (SSSR count). The van der Waals surface area contributed by atoms with Crippen LogP contribution >= 0.6 is 11.6 Å². The number of aliphatic hydroxyl groups is 1. The van der Waals surface area contributed by atoms with E-state index in [1.54, 1.807) is 35.4 Å². The lowest BCUT2D eigenvalue weighted by Crippen LogP contribution is -2.42. The van der Waals surface area contributed by atoms with Gasteiger partial charge in [-0.2, -0.15) is 14.9 Å². The number of amides is 1. The zero-order chi connectivity index (χ0) is 25.9. The van der Waals surface area contributed by atoms with Crippen LogP contribution in [-0.4, -0.2) is 65.5 Å². The monoisotopic (exact) mass is 518 g/mol. The Kier molecular flexibility index (Phi) is 7.45. The van der Waals surface area contributed by atoms with E-state index in [0.29, 0.717) is 46.2 Å². The molecule has 3 N–H and O–H groups in total. The van der Waals surface area contributed by atoms with Gasteiger partial charge in [-0.3, -0.25) is 13.9 Å². The molecule has 0 saturated carbocycles. The Balaban J connectivity index is 1.67. The molecule has 0 aliphatic carbocycles. The van der Waals surface area contributed by atoms with Crippen LogP contribution in [0.15, 0.2) is 43.1 Å². The Morgan fingerprint density at radius 2 is 2.00 bits per heavy atom. The molecule has 0 fully saturated rings. The van der Waals surface area contributed by atoms with E-state index in [4.69, 9.17) is 11.6 Å². The van der Waals surface area contributed by atoms with E-state index < -0.39 is 24.4 Å². The lowest BCUT2D eigenvalue weighted by Gasteiger charge is -2.22. The summed E-state index contributed by atoms with van der Waals surface area (Å²) in [6.45, 7) is 2.19. The van der Waals surface area contributed by atoms with E-state index in [0.717, 1.165) is 0 Å². The van der Waals surface area contributed by atoms with Gasteiger partial charge in [0.05, 0.1) is 53.2 Å². The molecule has 0 saturated heterocycles. The molecule has 4 heterocycles. The molecular weight excluding hydrogens is 494 g/mol. The van der Waals surface area contributed by atoms with Gasteiger partial charge >= 0.3 is 0 Å². The lowest BCUT2D eigenvalue weighted by atomic mass is 10.0. The normalized spacial score (nSPS) is 12.6. The van der Waals surface area contributed by atoms with Crippen molar-refractivity contribution in [1.82, 2.24) is 34.8 Å². The standard InChI is InChI=1S/C23H25ClF2N8O2/c1-23(2,36)19(26)12-29-22(35)17-11-27-20(34-21-14(8-31-34)6-15(24)9-28-21)7-18(17)32-16-10-30-33(13-16)5-3-4-25/h6-11,13,19,36H,3-5,12H2,1-2H3,(H,27,32)(H,29,35). The van der Waals surface area contributed by atoms with Crippen LogP contribution in [0.25, 0.3) is 16.9 Å². The Morgan fingerprint density at radius 3 is 2.75 bits per heavy atom. The van der Waals surface area contributed by atoms with Gasteiger partial charge in [0.2, 0.25) is 0 Å². The molecule has 1 atom stereocenters. The second kappa shape index (κ2) is 10.5. The van der Waals surface area contributed by atoms with Gasteiger partial charge in [0.1, 0.15) is 6.17 Å². The molecule has 36 heavy (non-hydrogen) atoms. The lowest BCUT2D eigenvalue weighted by molar-refractivity contribution is -0.00177. The molecular formula is C23H25ClF2N8O2. The predicted octanol–water partition coefficient (Wildman–Crippen LogP) is 3.61. The molecule has 13 heteroatoms. The fourth-order valence-corrected chi connectivity index (χ4v) is 3.53. The van der Waals surface area contributed by atoms with Gasteiger partial charge in [-0.15, -0.1) is 0 Å². The van der Waals surface area contributed by atoms with Crippen molar-refractivity contribution < 1.29 is 18.7 Å². The minimum atomic E-state index is -1.67. The number of rotatable bonds is 10. The summed E-state index contributed by atoms with van der Waals surface area (Å²) >= 11 is 6.02. The molecule has 0 spiro atoms. The Hall–Kier alpha value is -3.64. The first kappa shape index (κ1) is 25.5. The predicted molar refractivity (Wildman–Crippen MR) is 131 cm³/mol. The highest BCUT2D eigenvalue weighted by molar-refractivity contribution is 6.31. The molecule has 1 unspecified atom stereocenters. The van der Waals surface area contributed by atoms with Crippen LogP contribution in [0.1, 0.15) is 30.6 Å². The maximum Gasteiger partial charge on any atom is 0.255 e. The third-order valence-electron chi connectivity index (χ3n) is 5.37. The van der Waals surface area contributed by atoms with Crippen LogP contribution in [0, 0.1) is 0 Å². The summed E-state index contributed by atoms with van der Waals surface area (Å²) in [5.74, 6) is -0.230. The molecule has 10 nitrogen and oxygen atoms in total. The van der Waals surface area contributed by atoms with Crippen molar-refractivity contribution in [3.63, 3.8) is 0 Å². The largest absolute Gasteiger partial charge is 0.387 e. The second-order valence-corrected chi connectivity index (χ2v) is 9.14. The van der Waals surface area contributed by atoms with Crippen LogP contribution < -0.4 is 10.6 Å². The highest BCUT2D eigenvalue weighted by Gasteiger charge is 2.27. The van der Waals surface area contributed by atoms with Gasteiger partial charge in [0, 0.05) is 36.6 Å². The molecule has 4 aromatic heterocycles. The van der Waals surface area contributed by atoms with Gasteiger partial charge in [-0.05, 0) is 26.3 Å². The minimum Gasteiger partial charge on any atom is -0.387 e. The zero-order valence-electron chi connectivity index (χ0n) is 19.6. The smallest absolute Gasteiger partial charge is 0.255 e. The van der Waals surface area contributed by atoms with Crippen molar-refractivity contribution in [2.24, 2.45) is 0 Å². The summed E-state index contributed by atoms with van der Waals surface area (Å²) in [5.41, 5.74) is -0.0685. The highest BCUT2D eigenvalue weighted by Crippen LogP contribution is 2.25. The second-order valence-electron chi connectivity index (χ2n) is 8.70. The summed E-state index contributed by atoms with van der Waals surface area (Å²) in [6, 6.07) is 3.32. The summed E-state index contributed by atoms with van der Waals surface area (Å²) in [5, 5.41) is 25.1. The molecule has 190 valence electrons. The summed E-state index contributed by atoms with van der Waals surface area (Å²) < 4.78 is 29.8. The van der Waals surface area contributed by atoms with Gasteiger partial charge in [-0.1, -0.05) is 11.6 Å². The number of alkyl halides is 2. The first-order valence-electron chi connectivity index (χ1n) is 11.2. The number of carbonyl (C=O) groups is 1. The number of hydrogen-bond donors (Lipinski definition) is 3. The minimum absolute atomic E-state index is 0.130. The van der Waals surface area contributed by atoms with E-state index in [1.165, 1.54) is 30.9 Å². The number of aromatic nitrogens is 6. The third kappa shape index (κ3) is 5.77. The average Bonchev–Trinajstić information content (AvgIpc) is 3.46. The van der Waals surface area contributed by atoms with Crippen molar-refractivity contribution in [2.75, 3.05) is 18.5 Å². The summed E-state index contributed by atoms with van der Waals surface area (Å²) in [7, 11) is 0. The first-order valence-corrected chi connectivity index (χ1v) is 11.5. The molecule has 0 aliphatic heterocycles. The number of nitrogens with zero attached hydrogens (tertiary/aromatic N) is 6. The maximum absolute atomic E-state index is 14.2. The number of aryl methyl sites for hydroxylation is 1. The van der Waals surface area contributed by atoms with Gasteiger partial charge < -0.3 is 15.7 Å². The van der Waals surface area contributed by atoms with E-state index in [-0.39, 0.29) is 12.1 Å². The number of halogens is 3. The zero-order valence-corrected chi connectivity index (χ0v) is 20.4. The number of anilines is 2.